The second-order valence-corrected chi connectivity index (χ2v) is 5.27. The topological polar surface area (TPSA) is 17.1 Å². The Morgan fingerprint density at radius 1 is 1.21 bits per heavy atom. The molecule has 108 valence electrons. The molecule has 1 aromatic carbocycles. The van der Waals surface area contributed by atoms with Crippen molar-refractivity contribution < 1.29 is 46.4 Å². The number of hydrogen-bond donors (Lipinski definition) is 0. The summed E-state index contributed by atoms with van der Waals surface area (Å²) in [6.07, 6.45) is -4.17. The van der Waals surface area contributed by atoms with E-state index in [4.69, 9.17) is 0 Å². The fourth-order valence-electron chi connectivity index (χ4n) is 1.45. The van der Waals surface area contributed by atoms with E-state index < -0.39 is 11.7 Å². The lowest BCUT2D eigenvalue weighted by atomic mass is 10.0. The molecule has 0 radical (unpaired) electrons. The van der Waals surface area contributed by atoms with Gasteiger partial charge in [-0.2, -0.15) is 13.2 Å². The smallest absolute Gasteiger partial charge is 0.416 e. The molecule has 0 saturated heterocycles. The summed E-state index contributed by atoms with van der Waals surface area (Å²) in [5.41, 5.74) is -0.656. The van der Waals surface area contributed by atoms with Gasteiger partial charge in [-0.1, -0.05) is 12.1 Å². The van der Waals surface area contributed by atoms with Gasteiger partial charge >= 0.3 is 6.18 Å². The number of alkyl halides is 3. The third-order valence-electron chi connectivity index (χ3n) is 2.52. The second kappa shape index (κ2) is 6.69. The first-order valence-electron chi connectivity index (χ1n) is 5.60. The van der Waals surface area contributed by atoms with Crippen molar-refractivity contribution in [1.29, 1.82) is 0 Å². The summed E-state index contributed by atoms with van der Waals surface area (Å²) in [7, 11) is 5.79. The number of Topliss-reactive ketones (excluding diaryl/α,β-unsaturated/α-hetero) is 1. The van der Waals surface area contributed by atoms with Crippen LogP contribution >= 0.6 is 0 Å². The lowest BCUT2D eigenvalue weighted by Gasteiger charge is -2.23. The lowest BCUT2D eigenvalue weighted by Crippen LogP contribution is -3.00. The van der Waals surface area contributed by atoms with Crippen molar-refractivity contribution in [3.63, 3.8) is 0 Å². The molecule has 0 aliphatic heterocycles. The molecule has 6 heteroatoms. The molecular weight excluding hydrogens is 370 g/mol. The van der Waals surface area contributed by atoms with Crippen LogP contribution in [0.1, 0.15) is 22.3 Å². The highest BCUT2D eigenvalue weighted by Gasteiger charge is 2.30. The molecule has 0 heterocycles. The van der Waals surface area contributed by atoms with Gasteiger partial charge in [0.1, 0.15) is 0 Å². The third kappa shape index (κ3) is 6.38. The maximum atomic E-state index is 12.5. The van der Waals surface area contributed by atoms with Gasteiger partial charge in [-0.3, -0.25) is 4.79 Å². The summed E-state index contributed by atoms with van der Waals surface area (Å²) >= 11 is 0. The monoisotopic (exact) mass is 387 g/mol. The zero-order valence-corrected chi connectivity index (χ0v) is 13.2. The van der Waals surface area contributed by atoms with Crippen LogP contribution in [0, 0.1) is 0 Å². The fraction of sp³-hybridized carbons (Fsp3) is 0.462. The van der Waals surface area contributed by atoms with E-state index in [0.717, 1.165) is 12.1 Å². The lowest BCUT2D eigenvalue weighted by molar-refractivity contribution is -0.869. The molecule has 19 heavy (non-hydrogen) atoms. The Balaban J connectivity index is 0.00000324. The van der Waals surface area contributed by atoms with Gasteiger partial charge in [0.25, 0.3) is 0 Å². The van der Waals surface area contributed by atoms with E-state index in [2.05, 4.69) is 0 Å². The van der Waals surface area contributed by atoms with Crippen LogP contribution < -0.4 is 24.0 Å². The molecule has 0 unspecified atom stereocenters. The zero-order valence-electron chi connectivity index (χ0n) is 11.1. The summed E-state index contributed by atoms with van der Waals surface area (Å²) in [6.45, 7) is 0.592. The first-order chi connectivity index (χ1) is 8.09. The third-order valence-corrected chi connectivity index (χ3v) is 2.52. The van der Waals surface area contributed by atoms with Crippen molar-refractivity contribution in [2.75, 3.05) is 27.7 Å². The normalized spacial score (nSPS) is 11.9. The van der Waals surface area contributed by atoms with Gasteiger partial charge in [-0.15, -0.1) is 0 Å². The van der Waals surface area contributed by atoms with Crippen molar-refractivity contribution in [2.45, 2.75) is 12.6 Å². The first-order valence-corrected chi connectivity index (χ1v) is 5.60. The van der Waals surface area contributed by atoms with E-state index in [9.17, 15) is 18.0 Å². The Labute approximate surface area is 128 Å². The quantitative estimate of drug-likeness (QED) is 0.404. The molecule has 2 nitrogen and oxygen atoms in total. The van der Waals surface area contributed by atoms with Crippen LogP contribution in [0.2, 0.25) is 0 Å². The number of rotatable bonds is 4. The Hall–Kier alpha value is -0.630. The predicted molar refractivity (Wildman–Crippen MR) is 63.3 cm³/mol. The van der Waals surface area contributed by atoms with E-state index in [0.29, 0.717) is 11.0 Å². The van der Waals surface area contributed by atoms with Crippen molar-refractivity contribution in [2.24, 2.45) is 0 Å². The van der Waals surface area contributed by atoms with Crippen molar-refractivity contribution in [3.05, 3.63) is 35.4 Å². The number of carbonyl (C=O) groups excluding carboxylic acids is 1. The van der Waals surface area contributed by atoms with Gasteiger partial charge in [-0.25, -0.2) is 0 Å². The molecular formula is C13H17F3INO. The highest BCUT2D eigenvalue weighted by Crippen LogP contribution is 2.29. The summed E-state index contributed by atoms with van der Waals surface area (Å²) in [6, 6.07) is 4.57. The zero-order chi connectivity index (χ0) is 14.0. The molecule has 0 fully saturated rings. The van der Waals surface area contributed by atoms with Crippen molar-refractivity contribution in [1.82, 2.24) is 0 Å². The largest absolute Gasteiger partial charge is 1.00 e. The maximum Gasteiger partial charge on any atom is 0.416 e. The number of nitrogens with zero attached hydrogens (tertiary/aromatic N) is 1. The Morgan fingerprint density at radius 3 is 2.26 bits per heavy atom. The Bertz CT molecular complexity index is 438. The van der Waals surface area contributed by atoms with Crippen LogP contribution in [0.4, 0.5) is 13.2 Å². The predicted octanol–water partition coefficient (Wildman–Crippen LogP) is -0.0116. The second-order valence-electron chi connectivity index (χ2n) is 5.27. The number of quaternary nitrogens is 1. The number of halogens is 4. The number of ketones is 1. The standard InChI is InChI=1S/C13H17F3NO.HI/c1-17(2,3)8-7-12(18)10-5-4-6-11(9-10)13(14,15)16;/h4-6,9H,7-8H2,1-3H3;1H/q+1;/p-1. The van der Waals surface area contributed by atoms with Crippen LogP contribution in [-0.4, -0.2) is 38.0 Å². The maximum absolute atomic E-state index is 12.5. The van der Waals surface area contributed by atoms with E-state index >= 15 is 0 Å². The average molecular weight is 387 g/mol. The molecule has 1 rings (SSSR count). The van der Waals surface area contributed by atoms with Crippen LogP contribution in [-0.2, 0) is 6.18 Å². The summed E-state index contributed by atoms with van der Waals surface area (Å²) < 4.78 is 38.1. The highest BCUT2D eigenvalue weighted by molar-refractivity contribution is 5.96. The van der Waals surface area contributed by atoms with Crippen LogP contribution in [0.25, 0.3) is 0 Å². The number of hydrogen-bond acceptors (Lipinski definition) is 1. The molecule has 0 saturated carbocycles. The van der Waals surface area contributed by atoms with Gasteiger partial charge < -0.3 is 28.5 Å². The van der Waals surface area contributed by atoms with Crippen LogP contribution in [0.15, 0.2) is 24.3 Å². The average Bonchev–Trinajstić information content (AvgIpc) is 2.24. The molecule has 0 aliphatic rings. The van der Waals surface area contributed by atoms with E-state index in [1.807, 2.05) is 21.1 Å². The van der Waals surface area contributed by atoms with Crippen LogP contribution in [0.3, 0.4) is 0 Å². The Morgan fingerprint density at radius 2 is 1.79 bits per heavy atom. The molecule has 0 aromatic heterocycles. The minimum atomic E-state index is -4.41. The molecule has 0 N–H and O–H groups in total. The van der Waals surface area contributed by atoms with E-state index in [1.54, 1.807) is 0 Å². The molecule has 1 aromatic rings. The van der Waals surface area contributed by atoms with Crippen LogP contribution in [0.5, 0.6) is 0 Å². The summed E-state index contributed by atoms with van der Waals surface area (Å²) in [5, 5.41) is 0. The first kappa shape index (κ1) is 18.4. The molecule has 0 spiro atoms. The number of carbonyl (C=O) groups is 1. The van der Waals surface area contributed by atoms with Crippen molar-refractivity contribution in [3.8, 4) is 0 Å². The van der Waals surface area contributed by atoms with E-state index in [1.165, 1.54) is 12.1 Å². The van der Waals surface area contributed by atoms with Gasteiger partial charge in [0.2, 0.25) is 0 Å². The fourth-order valence-corrected chi connectivity index (χ4v) is 1.45. The highest BCUT2D eigenvalue weighted by atomic mass is 127. The van der Waals surface area contributed by atoms with E-state index in [-0.39, 0.29) is 41.7 Å². The SMILES string of the molecule is C[N+](C)(C)CCC(=O)c1cccc(C(F)(F)F)c1.[I-]. The minimum Gasteiger partial charge on any atom is -1.00 e. The molecule has 0 amide bonds. The number of benzene rings is 1. The molecule has 0 aliphatic carbocycles. The Kier molecular flexibility index (Phi) is 6.47. The minimum absolute atomic E-state index is 0. The molecule has 0 bridgehead atoms. The molecule has 0 atom stereocenters. The van der Waals surface area contributed by atoms with Gasteiger partial charge in [0.15, 0.2) is 5.78 Å². The summed E-state index contributed by atoms with van der Waals surface area (Å²) in [4.78, 5) is 11.8. The van der Waals surface area contributed by atoms with Gasteiger partial charge in [-0.05, 0) is 12.1 Å². The van der Waals surface area contributed by atoms with Gasteiger partial charge in [0.05, 0.1) is 39.7 Å². The summed E-state index contributed by atoms with van der Waals surface area (Å²) in [5.74, 6) is -0.255. The van der Waals surface area contributed by atoms with Gasteiger partial charge in [0, 0.05) is 5.56 Å². The van der Waals surface area contributed by atoms with Crippen molar-refractivity contribution >= 4 is 5.78 Å².